The molecule has 0 spiro atoms. The standard InChI is InChI=1S/C17H26N2O4/c1-4-7-18-8-10-19(11-9-18)16(17(20)21)14-12-13(22-2)5-6-15(14)23-3/h5-6,12,16H,4,7-11H2,1-3H3,(H,20,21). The highest BCUT2D eigenvalue weighted by Crippen LogP contribution is 2.33. The van der Waals surface area contributed by atoms with E-state index in [1.807, 2.05) is 4.90 Å². The van der Waals surface area contributed by atoms with E-state index in [1.165, 1.54) is 0 Å². The van der Waals surface area contributed by atoms with Crippen molar-refractivity contribution >= 4 is 5.97 Å². The van der Waals surface area contributed by atoms with Crippen LogP contribution in [-0.2, 0) is 4.79 Å². The molecule has 23 heavy (non-hydrogen) atoms. The number of ether oxygens (including phenoxy) is 2. The molecule has 0 bridgehead atoms. The molecule has 6 heteroatoms. The molecule has 0 amide bonds. The molecule has 1 aliphatic rings. The Morgan fingerprint density at radius 2 is 1.91 bits per heavy atom. The minimum atomic E-state index is -0.861. The Balaban J connectivity index is 2.24. The van der Waals surface area contributed by atoms with Crippen molar-refractivity contribution in [1.82, 2.24) is 9.80 Å². The van der Waals surface area contributed by atoms with Gasteiger partial charge in [0.15, 0.2) is 0 Å². The van der Waals surface area contributed by atoms with Crippen molar-refractivity contribution in [3.8, 4) is 11.5 Å². The van der Waals surface area contributed by atoms with Crippen LogP contribution in [0.1, 0.15) is 24.9 Å². The minimum Gasteiger partial charge on any atom is -0.497 e. The second kappa shape index (κ2) is 8.17. The molecule has 0 saturated carbocycles. The van der Waals surface area contributed by atoms with E-state index < -0.39 is 12.0 Å². The van der Waals surface area contributed by atoms with Crippen molar-refractivity contribution in [2.45, 2.75) is 19.4 Å². The molecular weight excluding hydrogens is 296 g/mol. The molecule has 1 fully saturated rings. The third kappa shape index (κ3) is 4.14. The molecule has 1 N–H and O–H groups in total. The van der Waals surface area contributed by atoms with Crippen LogP contribution in [0, 0.1) is 0 Å². The number of carbonyl (C=O) groups is 1. The summed E-state index contributed by atoms with van der Waals surface area (Å²) in [7, 11) is 3.13. The SMILES string of the molecule is CCCN1CCN(C(C(=O)O)c2cc(OC)ccc2OC)CC1. The summed E-state index contributed by atoms with van der Waals surface area (Å²) in [4.78, 5) is 16.3. The van der Waals surface area contributed by atoms with Gasteiger partial charge in [-0.1, -0.05) is 6.92 Å². The van der Waals surface area contributed by atoms with Crippen LogP contribution in [0.25, 0.3) is 0 Å². The molecule has 128 valence electrons. The minimum absolute atomic E-state index is 0.578. The van der Waals surface area contributed by atoms with Gasteiger partial charge in [-0.3, -0.25) is 9.69 Å². The first-order valence-electron chi connectivity index (χ1n) is 8.01. The normalized spacial score (nSPS) is 17.7. The maximum absolute atomic E-state index is 11.9. The first-order valence-corrected chi connectivity index (χ1v) is 8.01. The first-order chi connectivity index (χ1) is 11.1. The second-order valence-corrected chi connectivity index (χ2v) is 5.73. The Bertz CT molecular complexity index is 527. The summed E-state index contributed by atoms with van der Waals surface area (Å²) >= 11 is 0. The molecule has 0 aliphatic carbocycles. The molecule has 1 atom stereocenters. The fourth-order valence-electron chi connectivity index (χ4n) is 3.10. The van der Waals surface area contributed by atoms with Gasteiger partial charge in [0.25, 0.3) is 0 Å². The number of hydrogen-bond acceptors (Lipinski definition) is 5. The number of benzene rings is 1. The molecule has 1 saturated heterocycles. The number of hydrogen-bond donors (Lipinski definition) is 1. The predicted octanol–water partition coefficient (Wildman–Crippen LogP) is 1.86. The highest BCUT2D eigenvalue weighted by atomic mass is 16.5. The van der Waals surface area contributed by atoms with E-state index in [1.54, 1.807) is 32.4 Å². The second-order valence-electron chi connectivity index (χ2n) is 5.73. The number of piperazine rings is 1. The van der Waals surface area contributed by atoms with Gasteiger partial charge in [0.05, 0.1) is 14.2 Å². The van der Waals surface area contributed by atoms with E-state index >= 15 is 0 Å². The third-order valence-electron chi connectivity index (χ3n) is 4.28. The average molecular weight is 322 g/mol. The van der Waals surface area contributed by atoms with Gasteiger partial charge >= 0.3 is 5.97 Å². The lowest BCUT2D eigenvalue weighted by atomic mass is 10.0. The molecule has 0 aromatic heterocycles. The Labute approximate surface area is 137 Å². The van der Waals surface area contributed by atoms with Crippen LogP contribution >= 0.6 is 0 Å². The zero-order valence-electron chi connectivity index (χ0n) is 14.1. The summed E-state index contributed by atoms with van der Waals surface area (Å²) in [6.07, 6.45) is 1.12. The van der Waals surface area contributed by atoms with E-state index in [4.69, 9.17) is 9.47 Å². The average Bonchev–Trinajstić information content (AvgIpc) is 2.56. The van der Waals surface area contributed by atoms with Gasteiger partial charge in [0, 0.05) is 31.7 Å². The Morgan fingerprint density at radius 3 is 2.43 bits per heavy atom. The largest absolute Gasteiger partial charge is 0.497 e. The van der Waals surface area contributed by atoms with Crippen molar-refractivity contribution in [3.63, 3.8) is 0 Å². The maximum atomic E-state index is 11.9. The van der Waals surface area contributed by atoms with Gasteiger partial charge in [0.1, 0.15) is 17.5 Å². The van der Waals surface area contributed by atoms with Crippen LogP contribution in [0.15, 0.2) is 18.2 Å². The highest BCUT2D eigenvalue weighted by molar-refractivity contribution is 5.77. The first kappa shape index (κ1) is 17.6. The van der Waals surface area contributed by atoms with Crippen molar-refractivity contribution in [1.29, 1.82) is 0 Å². The van der Waals surface area contributed by atoms with E-state index in [0.29, 0.717) is 17.1 Å². The summed E-state index contributed by atoms with van der Waals surface area (Å²) in [6, 6.07) is 4.58. The zero-order valence-corrected chi connectivity index (χ0v) is 14.1. The van der Waals surface area contributed by atoms with Crippen LogP contribution in [0.4, 0.5) is 0 Å². The molecular formula is C17H26N2O4. The summed E-state index contributed by atoms with van der Waals surface area (Å²) in [5.74, 6) is 0.353. The maximum Gasteiger partial charge on any atom is 0.325 e. The van der Waals surface area contributed by atoms with Crippen molar-refractivity contribution in [3.05, 3.63) is 23.8 Å². The number of methoxy groups -OCH3 is 2. The van der Waals surface area contributed by atoms with Gasteiger partial charge in [-0.25, -0.2) is 0 Å². The van der Waals surface area contributed by atoms with Gasteiger partial charge in [-0.05, 0) is 31.2 Å². The predicted molar refractivity (Wildman–Crippen MR) is 88.2 cm³/mol. The van der Waals surface area contributed by atoms with Crippen molar-refractivity contribution in [2.24, 2.45) is 0 Å². The van der Waals surface area contributed by atoms with Crippen LogP contribution in [0.5, 0.6) is 11.5 Å². The molecule has 1 aliphatic heterocycles. The number of carboxylic acids is 1. The lowest BCUT2D eigenvalue weighted by Crippen LogP contribution is -2.49. The summed E-state index contributed by atoms with van der Waals surface area (Å²) < 4.78 is 10.6. The molecule has 1 aromatic carbocycles. The number of nitrogens with zero attached hydrogens (tertiary/aromatic N) is 2. The van der Waals surface area contributed by atoms with E-state index in [0.717, 1.165) is 39.1 Å². The smallest absolute Gasteiger partial charge is 0.325 e. The number of rotatable bonds is 7. The van der Waals surface area contributed by atoms with Crippen molar-refractivity contribution in [2.75, 3.05) is 46.9 Å². The van der Waals surface area contributed by atoms with E-state index in [-0.39, 0.29) is 0 Å². The molecule has 1 unspecified atom stereocenters. The number of carboxylic acid groups (broad SMARTS) is 1. The van der Waals surface area contributed by atoms with Crippen molar-refractivity contribution < 1.29 is 19.4 Å². The summed E-state index contributed by atoms with van der Waals surface area (Å²) in [5.41, 5.74) is 0.642. The lowest BCUT2D eigenvalue weighted by molar-refractivity contribution is -0.144. The third-order valence-corrected chi connectivity index (χ3v) is 4.28. The lowest BCUT2D eigenvalue weighted by Gasteiger charge is -2.38. The molecule has 2 rings (SSSR count). The van der Waals surface area contributed by atoms with Crippen LogP contribution in [-0.4, -0.2) is 67.8 Å². The van der Waals surface area contributed by atoms with Gasteiger partial charge in [-0.15, -0.1) is 0 Å². The monoisotopic (exact) mass is 322 g/mol. The van der Waals surface area contributed by atoms with Gasteiger partial charge in [0.2, 0.25) is 0 Å². The molecule has 1 heterocycles. The van der Waals surface area contributed by atoms with Crippen LogP contribution in [0.3, 0.4) is 0 Å². The number of aliphatic carboxylic acids is 1. The highest BCUT2D eigenvalue weighted by Gasteiger charge is 2.32. The van der Waals surface area contributed by atoms with Crippen LogP contribution in [0.2, 0.25) is 0 Å². The van der Waals surface area contributed by atoms with E-state index in [2.05, 4.69) is 11.8 Å². The van der Waals surface area contributed by atoms with Crippen LogP contribution < -0.4 is 9.47 Å². The fourth-order valence-corrected chi connectivity index (χ4v) is 3.10. The molecule has 6 nitrogen and oxygen atoms in total. The van der Waals surface area contributed by atoms with Gasteiger partial charge < -0.3 is 19.5 Å². The Morgan fingerprint density at radius 1 is 1.22 bits per heavy atom. The van der Waals surface area contributed by atoms with Gasteiger partial charge in [-0.2, -0.15) is 0 Å². The zero-order chi connectivity index (χ0) is 16.8. The Hall–Kier alpha value is -1.79. The summed E-state index contributed by atoms with van der Waals surface area (Å²) in [6.45, 7) is 6.48. The van der Waals surface area contributed by atoms with E-state index in [9.17, 15) is 9.90 Å². The summed E-state index contributed by atoms with van der Waals surface area (Å²) in [5, 5.41) is 9.78. The fraction of sp³-hybridized carbons (Fsp3) is 0.588. The Kier molecular flexibility index (Phi) is 6.24. The quantitative estimate of drug-likeness (QED) is 0.827. The molecule has 0 radical (unpaired) electrons. The topological polar surface area (TPSA) is 62.2 Å². The molecule has 1 aromatic rings.